The summed E-state index contributed by atoms with van der Waals surface area (Å²) >= 11 is 0. The van der Waals surface area contributed by atoms with Gasteiger partial charge < -0.3 is 14.6 Å². The Bertz CT molecular complexity index is 385. The number of hydrogen-bond acceptors (Lipinski definition) is 4. The minimum Gasteiger partial charge on any atom is -0.392 e. The highest BCUT2D eigenvalue weighted by Gasteiger charge is 2.71. The molecule has 94 valence electrons. The average molecular weight is 238 g/mol. The van der Waals surface area contributed by atoms with Gasteiger partial charge in [-0.1, -0.05) is 12.2 Å². The van der Waals surface area contributed by atoms with Gasteiger partial charge in [-0.2, -0.15) is 0 Å². The maximum Gasteiger partial charge on any atom is 0.241 e. The molecule has 2 saturated carbocycles. The molecule has 4 rings (SSSR count). The molecule has 17 heavy (non-hydrogen) atoms. The molecule has 2 unspecified atom stereocenters. The molecule has 0 aliphatic heterocycles. The number of rotatable bonds is 2. The van der Waals surface area contributed by atoms with Gasteiger partial charge in [-0.25, -0.2) is 0 Å². The lowest BCUT2D eigenvalue weighted by atomic mass is 9.55. The van der Waals surface area contributed by atoms with Crippen LogP contribution in [0.1, 0.15) is 19.3 Å². The number of aliphatic hydroxyl groups is 1. The Hall–Kier alpha value is -0.710. The van der Waals surface area contributed by atoms with E-state index in [1.165, 1.54) is 14.2 Å². The van der Waals surface area contributed by atoms with Crippen molar-refractivity contribution < 1.29 is 19.4 Å². The van der Waals surface area contributed by atoms with Crippen molar-refractivity contribution in [2.45, 2.75) is 31.2 Å². The summed E-state index contributed by atoms with van der Waals surface area (Å²) in [6.07, 6.45) is 5.80. The molecule has 4 aliphatic rings. The molecule has 0 aromatic carbocycles. The topological polar surface area (TPSA) is 55.8 Å². The van der Waals surface area contributed by atoms with Crippen molar-refractivity contribution in [3.63, 3.8) is 0 Å². The third-order valence-electron chi connectivity index (χ3n) is 4.96. The highest BCUT2D eigenvalue weighted by molar-refractivity contribution is 5.93. The van der Waals surface area contributed by atoms with Gasteiger partial charge in [-0.15, -0.1) is 0 Å². The Kier molecular flexibility index (Phi) is 2.28. The van der Waals surface area contributed by atoms with Crippen LogP contribution in [0.5, 0.6) is 0 Å². The van der Waals surface area contributed by atoms with Crippen LogP contribution in [0.3, 0.4) is 0 Å². The van der Waals surface area contributed by atoms with Crippen molar-refractivity contribution >= 4 is 5.78 Å². The van der Waals surface area contributed by atoms with E-state index in [0.29, 0.717) is 6.42 Å². The summed E-state index contributed by atoms with van der Waals surface area (Å²) in [5.74, 6) is -1.16. The van der Waals surface area contributed by atoms with Gasteiger partial charge in [-0.05, 0) is 25.2 Å². The van der Waals surface area contributed by atoms with Gasteiger partial charge in [0.25, 0.3) is 0 Å². The fourth-order valence-corrected chi connectivity index (χ4v) is 4.22. The summed E-state index contributed by atoms with van der Waals surface area (Å²) in [6, 6.07) is 0. The van der Waals surface area contributed by atoms with Crippen molar-refractivity contribution in [1.82, 2.24) is 0 Å². The Morgan fingerprint density at radius 2 is 2.06 bits per heavy atom. The number of hydrogen-bond donors (Lipinski definition) is 1. The minimum absolute atomic E-state index is 0.0396. The third-order valence-corrected chi connectivity index (χ3v) is 4.96. The molecule has 0 radical (unpaired) electrons. The van der Waals surface area contributed by atoms with Crippen LogP contribution in [0.25, 0.3) is 0 Å². The Morgan fingerprint density at radius 3 is 2.71 bits per heavy atom. The third kappa shape index (κ3) is 1.03. The van der Waals surface area contributed by atoms with E-state index in [-0.39, 0.29) is 17.6 Å². The van der Waals surface area contributed by atoms with Crippen LogP contribution in [0, 0.1) is 17.3 Å². The number of methoxy groups -OCH3 is 2. The number of allylic oxidation sites excluding steroid dienone is 1. The van der Waals surface area contributed by atoms with Gasteiger partial charge in [0.1, 0.15) is 0 Å². The Balaban J connectivity index is 2.21. The molecule has 0 aromatic heterocycles. The second kappa shape index (κ2) is 3.40. The minimum atomic E-state index is -1.29. The van der Waals surface area contributed by atoms with Crippen LogP contribution in [0.2, 0.25) is 0 Å². The summed E-state index contributed by atoms with van der Waals surface area (Å²) in [7, 11) is 2.99. The monoisotopic (exact) mass is 238 g/mol. The Morgan fingerprint density at radius 1 is 1.35 bits per heavy atom. The maximum atomic E-state index is 12.4. The van der Waals surface area contributed by atoms with Crippen molar-refractivity contribution in [2.24, 2.45) is 17.3 Å². The van der Waals surface area contributed by atoms with Crippen LogP contribution in [-0.2, 0) is 14.3 Å². The summed E-state index contributed by atoms with van der Waals surface area (Å²) in [6.45, 7) is 0. The molecule has 4 heteroatoms. The molecule has 2 bridgehead atoms. The molecular formula is C13H18O4. The second-order valence-corrected chi connectivity index (χ2v) is 5.31. The standard InChI is InChI=1S/C13H18O4/c1-16-13(17-2)11(15)8-5-6-12(13)9(7-8)3-4-10(12)14/h5-6,8-10,14H,3-4,7H2,1-2H3/t8?,9-,10-,12?/m0/s1. The number of Topliss-reactive ketones (excluding diaryl/α,β-unsaturated/α-hetero) is 1. The Labute approximate surface area is 101 Å². The fraction of sp³-hybridized carbons (Fsp3) is 0.769. The van der Waals surface area contributed by atoms with E-state index in [1.807, 2.05) is 12.2 Å². The van der Waals surface area contributed by atoms with Crippen LogP contribution in [0.4, 0.5) is 0 Å². The number of ether oxygens (including phenoxy) is 2. The largest absolute Gasteiger partial charge is 0.392 e. The molecule has 2 fully saturated rings. The first-order chi connectivity index (χ1) is 8.12. The highest BCUT2D eigenvalue weighted by Crippen LogP contribution is 2.62. The van der Waals surface area contributed by atoms with E-state index < -0.39 is 17.3 Å². The lowest BCUT2D eigenvalue weighted by molar-refractivity contribution is -0.284. The van der Waals surface area contributed by atoms with Crippen molar-refractivity contribution in [2.75, 3.05) is 14.2 Å². The zero-order valence-electron chi connectivity index (χ0n) is 10.2. The summed E-state index contributed by atoms with van der Waals surface area (Å²) in [5, 5.41) is 10.4. The predicted octanol–water partition coefficient (Wildman–Crippen LogP) is 0.892. The van der Waals surface area contributed by atoms with Gasteiger partial charge >= 0.3 is 0 Å². The zero-order valence-corrected chi connectivity index (χ0v) is 10.2. The van der Waals surface area contributed by atoms with Gasteiger partial charge in [0, 0.05) is 20.1 Å². The zero-order chi connectivity index (χ0) is 12.3. The molecule has 0 aromatic rings. The molecule has 0 amide bonds. The predicted molar refractivity (Wildman–Crippen MR) is 60.2 cm³/mol. The smallest absolute Gasteiger partial charge is 0.241 e. The van der Waals surface area contributed by atoms with Gasteiger partial charge in [0.15, 0.2) is 5.78 Å². The summed E-state index contributed by atoms with van der Waals surface area (Å²) in [5.41, 5.74) is -0.678. The summed E-state index contributed by atoms with van der Waals surface area (Å²) < 4.78 is 10.9. The van der Waals surface area contributed by atoms with E-state index in [9.17, 15) is 9.90 Å². The van der Waals surface area contributed by atoms with Crippen molar-refractivity contribution in [3.8, 4) is 0 Å². The first-order valence-corrected chi connectivity index (χ1v) is 6.14. The van der Waals surface area contributed by atoms with Crippen LogP contribution >= 0.6 is 0 Å². The molecule has 4 atom stereocenters. The number of carbonyl (C=O) groups excluding carboxylic acids is 1. The number of fused-ring (bicyclic) bond motifs is 1. The first-order valence-electron chi connectivity index (χ1n) is 6.14. The molecule has 4 aliphatic carbocycles. The van der Waals surface area contributed by atoms with E-state index >= 15 is 0 Å². The molecule has 0 saturated heterocycles. The molecular weight excluding hydrogens is 220 g/mol. The van der Waals surface area contributed by atoms with Crippen LogP contribution in [-0.4, -0.2) is 37.0 Å². The molecule has 4 nitrogen and oxygen atoms in total. The highest BCUT2D eigenvalue weighted by atomic mass is 16.7. The molecule has 1 N–H and O–H groups in total. The molecule has 0 heterocycles. The summed E-state index contributed by atoms with van der Waals surface area (Å²) in [4.78, 5) is 12.4. The normalized spacial score (nSPS) is 46.3. The fourth-order valence-electron chi connectivity index (χ4n) is 4.22. The van der Waals surface area contributed by atoms with Crippen LogP contribution in [0.15, 0.2) is 12.2 Å². The van der Waals surface area contributed by atoms with E-state index in [1.54, 1.807) is 0 Å². The van der Waals surface area contributed by atoms with E-state index in [0.717, 1.165) is 12.8 Å². The van der Waals surface area contributed by atoms with Crippen molar-refractivity contribution in [1.29, 1.82) is 0 Å². The quantitative estimate of drug-likeness (QED) is 0.573. The number of ketones is 1. The number of carbonyl (C=O) groups is 1. The van der Waals surface area contributed by atoms with E-state index in [2.05, 4.69) is 0 Å². The van der Waals surface area contributed by atoms with Crippen molar-refractivity contribution in [3.05, 3.63) is 12.2 Å². The first kappa shape index (κ1) is 11.4. The average Bonchev–Trinajstić information content (AvgIpc) is 2.70. The molecule has 1 spiro atoms. The number of aliphatic hydroxyl groups excluding tert-OH is 1. The van der Waals surface area contributed by atoms with Gasteiger partial charge in [0.2, 0.25) is 5.79 Å². The van der Waals surface area contributed by atoms with Gasteiger partial charge in [0.05, 0.1) is 11.5 Å². The lowest BCUT2D eigenvalue weighted by Gasteiger charge is -2.55. The lowest BCUT2D eigenvalue weighted by Crippen LogP contribution is -2.68. The SMILES string of the molecule is COC1(OC)C(=O)C2C=CC13[C@@H](CC[C@@H]3O)C2. The second-order valence-electron chi connectivity index (χ2n) is 5.31. The van der Waals surface area contributed by atoms with Gasteiger partial charge in [-0.3, -0.25) is 4.79 Å². The maximum absolute atomic E-state index is 12.4. The van der Waals surface area contributed by atoms with E-state index in [4.69, 9.17) is 9.47 Å². The van der Waals surface area contributed by atoms with Crippen LogP contribution < -0.4 is 0 Å².